The van der Waals surface area contributed by atoms with Crippen LogP contribution in [0.4, 0.5) is 5.69 Å². The van der Waals surface area contributed by atoms with Crippen molar-refractivity contribution in [3.05, 3.63) is 30.0 Å². The zero-order valence-corrected chi connectivity index (χ0v) is 14.6. The van der Waals surface area contributed by atoms with Gasteiger partial charge in [-0.15, -0.1) is 0 Å². The molecule has 3 nitrogen and oxygen atoms in total. The van der Waals surface area contributed by atoms with Gasteiger partial charge in [0.25, 0.3) is 0 Å². The van der Waals surface area contributed by atoms with Gasteiger partial charge in [-0.05, 0) is 56.1 Å². The largest absolute Gasteiger partial charge is 0.371 e. The second kappa shape index (κ2) is 5.62. The van der Waals surface area contributed by atoms with Crippen molar-refractivity contribution in [2.24, 2.45) is 0 Å². The highest BCUT2D eigenvalue weighted by atomic mass is 15.2. The van der Waals surface area contributed by atoms with Crippen LogP contribution in [0.1, 0.15) is 39.2 Å². The normalized spacial score (nSPS) is 17.6. The number of fused-ring (bicyclic) bond motifs is 1. The summed E-state index contributed by atoms with van der Waals surface area (Å²) in [7, 11) is 4.40. The highest BCUT2D eigenvalue weighted by Crippen LogP contribution is 2.34. The first-order chi connectivity index (χ1) is 10.4. The zero-order valence-electron chi connectivity index (χ0n) is 14.6. The van der Waals surface area contributed by atoms with E-state index in [1.807, 2.05) is 0 Å². The number of aromatic nitrogens is 1. The molecule has 120 valence electrons. The average molecular weight is 299 g/mol. The number of hydrogen-bond acceptors (Lipinski definition) is 2. The van der Waals surface area contributed by atoms with E-state index in [-0.39, 0.29) is 5.41 Å². The Morgan fingerprint density at radius 2 is 1.82 bits per heavy atom. The number of nitrogens with one attached hydrogen (secondary N) is 1. The SMILES string of the molecule is CN(C)C1CCN(c2cc(C(C)(C)C)cc3[nH]ccc23)CC1. The van der Waals surface area contributed by atoms with Crippen LogP contribution in [0.2, 0.25) is 0 Å². The number of nitrogens with zero attached hydrogens (tertiary/aromatic N) is 2. The number of aromatic amines is 1. The molecule has 2 heterocycles. The Kier molecular flexibility index (Phi) is 3.94. The summed E-state index contributed by atoms with van der Waals surface area (Å²) in [4.78, 5) is 8.35. The van der Waals surface area contributed by atoms with Gasteiger partial charge in [-0.2, -0.15) is 0 Å². The monoisotopic (exact) mass is 299 g/mol. The van der Waals surface area contributed by atoms with Gasteiger partial charge >= 0.3 is 0 Å². The zero-order chi connectivity index (χ0) is 15.9. The van der Waals surface area contributed by atoms with E-state index >= 15 is 0 Å². The van der Waals surface area contributed by atoms with Gasteiger partial charge in [-0.3, -0.25) is 0 Å². The lowest BCUT2D eigenvalue weighted by molar-refractivity contribution is 0.250. The summed E-state index contributed by atoms with van der Waals surface area (Å²) in [5.41, 5.74) is 4.25. The summed E-state index contributed by atoms with van der Waals surface area (Å²) in [6.45, 7) is 9.17. The van der Waals surface area contributed by atoms with Crippen molar-refractivity contribution >= 4 is 16.6 Å². The van der Waals surface area contributed by atoms with Gasteiger partial charge in [0, 0.05) is 41.9 Å². The molecular weight excluding hydrogens is 270 g/mol. The molecule has 0 saturated carbocycles. The first kappa shape index (κ1) is 15.4. The van der Waals surface area contributed by atoms with Gasteiger partial charge in [0.1, 0.15) is 0 Å². The Bertz CT molecular complexity index is 640. The molecule has 0 radical (unpaired) electrons. The molecule has 1 N–H and O–H groups in total. The topological polar surface area (TPSA) is 22.3 Å². The number of H-pyrrole nitrogens is 1. The number of rotatable bonds is 2. The molecule has 1 saturated heterocycles. The van der Waals surface area contributed by atoms with E-state index in [1.165, 1.54) is 35.0 Å². The molecule has 0 amide bonds. The van der Waals surface area contributed by atoms with E-state index in [0.29, 0.717) is 0 Å². The van der Waals surface area contributed by atoms with E-state index in [0.717, 1.165) is 19.1 Å². The van der Waals surface area contributed by atoms with E-state index < -0.39 is 0 Å². The average Bonchev–Trinajstić information content (AvgIpc) is 2.93. The third kappa shape index (κ3) is 2.87. The van der Waals surface area contributed by atoms with E-state index in [1.54, 1.807) is 0 Å². The van der Waals surface area contributed by atoms with Crippen molar-refractivity contribution in [1.82, 2.24) is 9.88 Å². The van der Waals surface area contributed by atoms with E-state index in [4.69, 9.17) is 0 Å². The minimum absolute atomic E-state index is 0.177. The highest BCUT2D eigenvalue weighted by Gasteiger charge is 2.24. The lowest BCUT2D eigenvalue weighted by Gasteiger charge is -2.37. The maximum Gasteiger partial charge on any atom is 0.0477 e. The Hall–Kier alpha value is -1.48. The molecule has 1 fully saturated rings. The van der Waals surface area contributed by atoms with Crippen LogP contribution in [0.5, 0.6) is 0 Å². The van der Waals surface area contributed by atoms with Crippen LogP contribution in [0.25, 0.3) is 10.9 Å². The lowest BCUT2D eigenvalue weighted by atomic mass is 9.86. The van der Waals surface area contributed by atoms with Crippen LogP contribution in [0, 0.1) is 0 Å². The fourth-order valence-electron chi connectivity index (χ4n) is 3.47. The number of hydrogen-bond donors (Lipinski definition) is 1. The maximum absolute atomic E-state index is 3.40. The van der Waals surface area contributed by atoms with Crippen LogP contribution in [0.3, 0.4) is 0 Å². The molecule has 0 aliphatic carbocycles. The van der Waals surface area contributed by atoms with Gasteiger partial charge in [0.2, 0.25) is 0 Å². The van der Waals surface area contributed by atoms with Crippen LogP contribution in [0.15, 0.2) is 24.4 Å². The number of piperidine rings is 1. The third-order valence-electron chi connectivity index (χ3n) is 5.05. The summed E-state index contributed by atoms with van der Waals surface area (Å²) in [6, 6.07) is 7.66. The first-order valence-electron chi connectivity index (χ1n) is 8.39. The quantitative estimate of drug-likeness (QED) is 0.905. The highest BCUT2D eigenvalue weighted by molar-refractivity contribution is 5.93. The second-order valence-corrected chi connectivity index (χ2v) is 7.87. The predicted octanol–water partition coefficient (Wildman–Crippen LogP) is 4.00. The van der Waals surface area contributed by atoms with Gasteiger partial charge < -0.3 is 14.8 Å². The van der Waals surface area contributed by atoms with Crippen LogP contribution in [-0.2, 0) is 5.41 Å². The summed E-state index contributed by atoms with van der Waals surface area (Å²) >= 11 is 0. The molecule has 1 aromatic heterocycles. The summed E-state index contributed by atoms with van der Waals surface area (Å²) in [6.07, 6.45) is 4.56. The molecule has 3 rings (SSSR count). The summed E-state index contributed by atoms with van der Waals surface area (Å²) < 4.78 is 0. The van der Waals surface area contributed by atoms with Gasteiger partial charge in [0.15, 0.2) is 0 Å². The minimum atomic E-state index is 0.177. The summed E-state index contributed by atoms with van der Waals surface area (Å²) in [5, 5.41) is 1.36. The van der Waals surface area contributed by atoms with E-state index in [9.17, 15) is 0 Å². The molecule has 1 aliphatic rings. The van der Waals surface area contributed by atoms with Crippen molar-refractivity contribution in [3.63, 3.8) is 0 Å². The fraction of sp³-hybridized carbons (Fsp3) is 0.579. The van der Waals surface area contributed by atoms with Crippen LogP contribution < -0.4 is 4.90 Å². The Balaban J connectivity index is 1.95. The minimum Gasteiger partial charge on any atom is -0.371 e. The van der Waals surface area contributed by atoms with Crippen molar-refractivity contribution in [2.75, 3.05) is 32.1 Å². The Morgan fingerprint density at radius 3 is 2.41 bits per heavy atom. The molecule has 0 bridgehead atoms. The standard InChI is InChI=1S/C19H29N3/c1-19(2,3)14-12-17-16(6-9-20-17)18(13-14)22-10-7-15(8-11-22)21(4)5/h6,9,12-13,15,20H,7-8,10-11H2,1-5H3. The predicted molar refractivity (Wildman–Crippen MR) is 95.9 cm³/mol. The summed E-state index contributed by atoms with van der Waals surface area (Å²) in [5.74, 6) is 0. The van der Waals surface area contributed by atoms with E-state index in [2.05, 4.69) is 74.0 Å². The molecule has 22 heavy (non-hydrogen) atoms. The molecule has 2 aromatic rings. The molecule has 0 spiro atoms. The Morgan fingerprint density at radius 1 is 1.14 bits per heavy atom. The van der Waals surface area contributed by atoms with Crippen LogP contribution >= 0.6 is 0 Å². The van der Waals surface area contributed by atoms with Gasteiger partial charge in [0.05, 0.1) is 0 Å². The number of benzene rings is 1. The molecule has 0 atom stereocenters. The molecule has 0 unspecified atom stereocenters. The van der Waals surface area contributed by atoms with Gasteiger partial charge in [-0.1, -0.05) is 20.8 Å². The molecular formula is C19H29N3. The molecule has 1 aromatic carbocycles. The van der Waals surface area contributed by atoms with Crippen molar-refractivity contribution in [1.29, 1.82) is 0 Å². The van der Waals surface area contributed by atoms with Crippen molar-refractivity contribution < 1.29 is 0 Å². The fourth-order valence-corrected chi connectivity index (χ4v) is 3.47. The van der Waals surface area contributed by atoms with Crippen LogP contribution in [-0.4, -0.2) is 43.1 Å². The van der Waals surface area contributed by atoms with Crippen molar-refractivity contribution in [2.45, 2.75) is 45.1 Å². The molecule has 1 aliphatic heterocycles. The van der Waals surface area contributed by atoms with Crippen molar-refractivity contribution in [3.8, 4) is 0 Å². The Labute approximate surface area is 134 Å². The second-order valence-electron chi connectivity index (χ2n) is 7.87. The van der Waals surface area contributed by atoms with Gasteiger partial charge in [-0.25, -0.2) is 0 Å². The smallest absolute Gasteiger partial charge is 0.0477 e. The maximum atomic E-state index is 3.40. The lowest BCUT2D eigenvalue weighted by Crippen LogP contribution is -2.42. The number of anilines is 1. The first-order valence-corrected chi connectivity index (χ1v) is 8.39. The molecule has 3 heteroatoms. The third-order valence-corrected chi connectivity index (χ3v) is 5.05.